The maximum Gasteiger partial charge on any atom is 0.351 e. The number of aliphatic hydroxyl groups is 4. The van der Waals surface area contributed by atoms with Gasteiger partial charge in [0.25, 0.3) is 23.5 Å². The molecule has 0 aliphatic heterocycles. The molecule has 28 heteroatoms. The van der Waals surface area contributed by atoms with Gasteiger partial charge >= 0.3 is 22.7 Å². The zero-order valence-electron chi connectivity index (χ0n) is 60.6. The van der Waals surface area contributed by atoms with Crippen LogP contribution < -0.4 is 18.9 Å². The van der Waals surface area contributed by atoms with Crippen molar-refractivity contribution in [2.75, 3.05) is 0 Å². The van der Waals surface area contributed by atoms with Gasteiger partial charge in [0.1, 0.15) is 70.5 Å². The number of hydrogen-bond acceptors (Lipinski definition) is 24. The number of nitro groups is 4. The third kappa shape index (κ3) is 22.0. The molecule has 0 unspecified atom stereocenters. The molecule has 552 valence electrons. The van der Waals surface area contributed by atoms with E-state index >= 15 is 0 Å². The van der Waals surface area contributed by atoms with Crippen molar-refractivity contribution in [3.05, 3.63) is 137 Å². The van der Waals surface area contributed by atoms with Crippen LogP contribution in [0.25, 0.3) is 0 Å². The van der Waals surface area contributed by atoms with Gasteiger partial charge in [-0.05, 0) is 205 Å². The van der Waals surface area contributed by atoms with Crippen molar-refractivity contribution in [3.63, 3.8) is 0 Å². The van der Waals surface area contributed by atoms with Crippen LogP contribution in [0.15, 0.2) is 50.6 Å². The number of rotatable bonds is 32. The molecule has 0 saturated heterocycles. The highest BCUT2D eigenvalue weighted by Crippen LogP contribution is 2.46. The van der Waals surface area contributed by atoms with Gasteiger partial charge in [0, 0.05) is 0 Å². The molecule has 0 spiro atoms. The van der Waals surface area contributed by atoms with Crippen molar-refractivity contribution < 1.29 is 59.1 Å². The van der Waals surface area contributed by atoms with E-state index in [2.05, 4.69) is 93.9 Å². The predicted molar refractivity (Wildman–Crippen MR) is 378 cm³/mol. The maximum atomic E-state index is 11.4. The Balaban J connectivity index is 0.000000240. The summed E-state index contributed by atoms with van der Waals surface area (Å²) < 4.78 is 23.8. The summed E-state index contributed by atoms with van der Waals surface area (Å²) in [6.45, 7) is 36.3. The van der Waals surface area contributed by atoms with E-state index < -0.39 is 68.5 Å². The molecular weight excluding hydrogens is 1290 g/mol. The normalized spacial score (nSPS) is 25.8. The highest BCUT2D eigenvalue weighted by molar-refractivity contribution is 5.47. The van der Waals surface area contributed by atoms with Crippen LogP contribution in [0.2, 0.25) is 0 Å². The minimum Gasteiger partial charge on any atom is -0.466 e. The number of nitrogens with zero attached hydrogens (tertiary/aromatic N) is 12. The van der Waals surface area contributed by atoms with Gasteiger partial charge in [0.2, 0.25) is 0 Å². The van der Waals surface area contributed by atoms with E-state index in [4.69, 9.17) is 18.9 Å². The quantitative estimate of drug-likeness (QED) is 0.0200. The largest absolute Gasteiger partial charge is 0.466 e. The fourth-order valence-electron chi connectivity index (χ4n) is 15.0. The molecule has 4 aromatic heterocycles. The molecule has 16 atom stereocenters. The second-order valence-electron chi connectivity index (χ2n) is 27.0. The topological polar surface area (TPSA) is 394 Å². The number of aliphatic hydroxyl groups excluding tert-OH is 4. The number of allylic oxidation sites excluding steroid dienone is 4. The first-order chi connectivity index (χ1) is 47.5. The Morgan fingerprint density at radius 2 is 0.520 bits per heavy atom. The molecule has 4 aromatic rings. The van der Waals surface area contributed by atoms with Gasteiger partial charge in [-0.1, -0.05) is 77.7 Å². The van der Waals surface area contributed by atoms with E-state index in [0.29, 0.717) is 23.3 Å². The first kappa shape index (κ1) is 82.6. The summed E-state index contributed by atoms with van der Waals surface area (Å²) in [6, 6.07) is 0. The van der Waals surface area contributed by atoms with Crippen LogP contribution in [-0.2, 0) is 0 Å². The van der Waals surface area contributed by atoms with Crippen molar-refractivity contribution in [2.45, 2.75) is 260 Å². The van der Waals surface area contributed by atoms with Crippen molar-refractivity contribution in [1.82, 2.24) is 39.9 Å². The Labute approximate surface area is 587 Å². The molecule has 100 heavy (non-hydrogen) atoms. The van der Waals surface area contributed by atoms with E-state index in [1.165, 1.54) is 0 Å². The van der Waals surface area contributed by atoms with Gasteiger partial charge < -0.3 is 39.4 Å². The highest BCUT2D eigenvalue weighted by atomic mass is 16.6. The van der Waals surface area contributed by atoms with E-state index in [1.807, 2.05) is 24.3 Å². The molecule has 0 bridgehead atoms. The standard InChI is InChI=1S/4C18H27N3O4/c2*1-5-7-9-13-10-14(8-6-2)17(16(13)22)25-18-15(21(23)24)11(3)19-12(4)20-18;2*1-5-7-9-14-10-13(8-6-2)16(22)17(14)25-18-15(21(23)24)11(3)19-12(4)20-18/h4*5,13-14,16-17,22H,1,6-10H2,2-4H3/t13-,14-,16+,17-;13-,14-,16-,17+;13-,14-,16+,17-;13-,14-,16-,17+/m0000/s1. The molecule has 8 rings (SSSR count). The Morgan fingerprint density at radius 3 is 0.710 bits per heavy atom. The van der Waals surface area contributed by atoms with Crippen LogP contribution in [0.4, 0.5) is 22.7 Å². The molecule has 4 heterocycles. The second-order valence-corrected chi connectivity index (χ2v) is 27.0. The molecule has 4 fully saturated rings. The lowest BCUT2D eigenvalue weighted by molar-refractivity contribution is -0.387. The lowest BCUT2D eigenvalue weighted by Gasteiger charge is -2.23. The number of hydrogen-bond donors (Lipinski definition) is 4. The summed E-state index contributed by atoms with van der Waals surface area (Å²) in [7, 11) is 0. The third-order valence-electron chi connectivity index (χ3n) is 19.4. The van der Waals surface area contributed by atoms with Crippen molar-refractivity contribution in [1.29, 1.82) is 0 Å². The van der Waals surface area contributed by atoms with Crippen LogP contribution in [-0.4, -0.2) is 129 Å². The molecule has 4 saturated carbocycles. The van der Waals surface area contributed by atoms with Gasteiger partial charge in [-0.2, -0.15) is 19.9 Å². The van der Waals surface area contributed by atoms with Gasteiger partial charge in [-0.15, -0.1) is 26.3 Å². The Bertz CT molecular complexity index is 3200. The van der Waals surface area contributed by atoms with Crippen LogP contribution in [0.1, 0.15) is 202 Å². The molecule has 28 nitrogen and oxygen atoms in total. The summed E-state index contributed by atoms with van der Waals surface area (Å²) in [6.07, 6.45) is 20.4. The first-order valence-electron chi connectivity index (χ1n) is 35.4. The molecule has 0 radical (unpaired) electrons. The second kappa shape index (κ2) is 39.8. The third-order valence-corrected chi connectivity index (χ3v) is 19.4. The summed E-state index contributed by atoms with van der Waals surface area (Å²) in [5.74, 6) is 2.59. The zero-order valence-corrected chi connectivity index (χ0v) is 60.6. The lowest BCUT2D eigenvalue weighted by Crippen LogP contribution is -2.34. The van der Waals surface area contributed by atoms with E-state index in [0.717, 1.165) is 128 Å². The van der Waals surface area contributed by atoms with Gasteiger partial charge in [0.15, 0.2) is 0 Å². The summed E-state index contributed by atoms with van der Waals surface area (Å²) in [5, 5.41) is 88.5. The van der Waals surface area contributed by atoms with E-state index in [1.54, 1.807) is 55.4 Å². The maximum absolute atomic E-state index is 11.4. The highest BCUT2D eigenvalue weighted by Gasteiger charge is 2.48. The lowest BCUT2D eigenvalue weighted by atomic mass is 9.97. The van der Waals surface area contributed by atoms with Crippen molar-refractivity contribution >= 4 is 22.7 Å². The van der Waals surface area contributed by atoms with Crippen LogP contribution in [0, 0.1) is 143 Å². The molecular formula is C72H108N12O16. The fourth-order valence-corrected chi connectivity index (χ4v) is 15.0. The Kier molecular flexibility index (Phi) is 32.9. The zero-order chi connectivity index (χ0) is 74.2. The average molecular weight is 1400 g/mol. The monoisotopic (exact) mass is 1400 g/mol. The molecule has 0 amide bonds. The molecule has 4 aliphatic carbocycles. The average Bonchev–Trinajstić information content (AvgIpc) is 1.58. The van der Waals surface area contributed by atoms with Gasteiger partial charge in [0.05, 0.1) is 44.1 Å². The first-order valence-corrected chi connectivity index (χ1v) is 35.4. The number of aryl methyl sites for hydroxylation is 8. The van der Waals surface area contributed by atoms with E-state index in [-0.39, 0.29) is 116 Å². The van der Waals surface area contributed by atoms with Crippen molar-refractivity contribution in [2.24, 2.45) is 47.3 Å². The minimum atomic E-state index is -0.660. The van der Waals surface area contributed by atoms with Gasteiger partial charge in [-0.25, -0.2) is 19.9 Å². The summed E-state index contributed by atoms with van der Waals surface area (Å²) in [5.41, 5.74) is 0.203. The number of ether oxygens (including phenoxy) is 4. The number of aromatic nitrogens is 8. The van der Waals surface area contributed by atoms with Crippen LogP contribution in [0.3, 0.4) is 0 Å². The molecule has 4 N–H and O–H groups in total. The molecule has 0 aromatic carbocycles. The molecule has 4 aliphatic rings. The minimum absolute atomic E-state index is 0.0375. The van der Waals surface area contributed by atoms with E-state index in [9.17, 15) is 60.9 Å². The van der Waals surface area contributed by atoms with Gasteiger partial charge in [-0.3, -0.25) is 40.5 Å². The summed E-state index contributed by atoms with van der Waals surface area (Å²) in [4.78, 5) is 76.3. The predicted octanol–water partition coefficient (Wildman–Crippen LogP) is 14.0. The van der Waals surface area contributed by atoms with Crippen molar-refractivity contribution in [3.8, 4) is 23.5 Å². The smallest absolute Gasteiger partial charge is 0.351 e. The summed E-state index contributed by atoms with van der Waals surface area (Å²) >= 11 is 0. The van der Waals surface area contributed by atoms with Crippen LogP contribution >= 0.6 is 0 Å². The Hall–Kier alpha value is -8.08. The van der Waals surface area contributed by atoms with Crippen LogP contribution in [0.5, 0.6) is 23.5 Å². The fraction of sp³-hybridized carbons (Fsp3) is 0.667. The SMILES string of the molecule is C=CCC[C@H]1C[C@H](CCC)[C@@H](O)[C@H]1Oc1nc(C)nc(C)c1[N+](=O)[O-].C=CCC[C@H]1C[C@H](CCC)[C@@H](Oc2nc(C)nc(C)c2[N+](=O)[O-])[C@H]1O.C=CCC[C@H]1C[C@H](CCC)[C@H](O)[C@@H]1Oc1nc(C)nc(C)c1[N+](=O)[O-].C=CCC[C@H]1C[C@H](CCC)[C@H](Oc2nc(C)nc(C)c2[N+](=O)[O-])[C@@H]1O. The Morgan fingerprint density at radius 1 is 0.340 bits per heavy atom.